The molecule has 0 saturated heterocycles. The molecule has 0 aliphatic carbocycles. The first-order valence-corrected chi connectivity index (χ1v) is 7.48. The van der Waals surface area contributed by atoms with Gasteiger partial charge in [0.1, 0.15) is 0 Å². The summed E-state index contributed by atoms with van der Waals surface area (Å²) < 4.78 is 26.1. The van der Waals surface area contributed by atoms with Gasteiger partial charge in [-0.3, -0.25) is 14.8 Å². The summed E-state index contributed by atoms with van der Waals surface area (Å²) in [5.41, 5.74) is 8.58. The molecule has 140 valence electrons. The molecule has 0 atom stereocenters. The van der Waals surface area contributed by atoms with E-state index in [1.54, 1.807) is 0 Å². The predicted molar refractivity (Wildman–Crippen MR) is 92.5 cm³/mol. The number of hydrogen-bond acceptors (Lipinski definition) is 4. The number of aromatic carboxylic acids is 1. The topological polar surface area (TPSA) is 160 Å². The Morgan fingerprint density at radius 3 is 1.96 bits per heavy atom. The Bertz CT molecular complexity index is 1260. The summed E-state index contributed by atoms with van der Waals surface area (Å²) in [7, 11) is 0. The molecule has 4 rings (SSSR count). The van der Waals surface area contributed by atoms with E-state index in [9.17, 15) is 18.4 Å². The maximum absolute atomic E-state index is 13.1. The first-order valence-electron chi connectivity index (χ1n) is 7.48. The van der Waals surface area contributed by atoms with Crippen molar-refractivity contribution in [3.63, 3.8) is 0 Å². The van der Waals surface area contributed by atoms with Crippen LogP contribution < -0.4 is 0 Å². The molecule has 3 N–H and O–H groups in total. The minimum Gasteiger partial charge on any atom is -0.478 e. The van der Waals surface area contributed by atoms with Crippen LogP contribution in [0.2, 0.25) is 0 Å². The average molecular weight is 385 g/mol. The standard InChI is InChI=1S/C8H4FN5O.C8H5FN2O2/c9-6-3-11-1-4-5(2-12-7(4)6)8(15)13-14-10;9-6-3-10-1-4-5(8(12)13)2-11-7(4)6/h1-3,12H;1-3,11H,(H,12,13). The lowest BCUT2D eigenvalue weighted by molar-refractivity contribution is 0.0698. The second-order valence-corrected chi connectivity index (χ2v) is 5.29. The lowest BCUT2D eigenvalue weighted by Crippen LogP contribution is -1.93. The summed E-state index contributed by atoms with van der Waals surface area (Å²) in [5, 5.41) is 12.2. The van der Waals surface area contributed by atoms with E-state index in [0.29, 0.717) is 5.39 Å². The van der Waals surface area contributed by atoms with Crippen LogP contribution in [0.15, 0.2) is 42.3 Å². The van der Waals surface area contributed by atoms with Gasteiger partial charge in [0, 0.05) is 40.5 Å². The number of carbonyl (C=O) groups excluding carboxylic acids is 1. The van der Waals surface area contributed by atoms with Crippen LogP contribution in [-0.4, -0.2) is 36.9 Å². The van der Waals surface area contributed by atoms with Crippen LogP contribution in [0.3, 0.4) is 0 Å². The fourth-order valence-electron chi connectivity index (χ4n) is 2.46. The number of H-pyrrole nitrogens is 2. The largest absolute Gasteiger partial charge is 0.478 e. The molecule has 4 aromatic rings. The fraction of sp³-hybridized carbons (Fsp3) is 0. The van der Waals surface area contributed by atoms with Crippen molar-refractivity contribution in [2.45, 2.75) is 0 Å². The monoisotopic (exact) mass is 385 g/mol. The lowest BCUT2D eigenvalue weighted by atomic mass is 10.2. The van der Waals surface area contributed by atoms with Gasteiger partial charge in [0.05, 0.1) is 34.6 Å². The lowest BCUT2D eigenvalue weighted by Gasteiger charge is -1.92. The number of carboxylic acids is 1. The number of rotatable bonds is 2. The summed E-state index contributed by atoms with van der Waals surface area (Å²) in [6.07, 6.45) is 7.24. The third-order valence-corrected chi connectivity index (χ3v) is 3.70. The highest BCUT2D eigenvalue weighted by Gasteiger charge is 2.13. The molecule has 0 aliphatic rings. The summed E-state index contributed by atoms with van der Waals surface area (Å²) in [6.45, 7) is 0. The van der Waals surface area contributed by atoms with Crippen molar-refractivity contribution >= 4 is 33.7 Å². The smallest absolute Gasteiger partial charge is 0.337 e. The molecule has 0 spiro atoms. The SMILES string of the molecule is O=C(O)c1c[nH]c2c(F)cncc12.[N-]=[N+]=NC(=O)c1c[nH]c2c(F)cncc12. The van der Waals surface area contributed by atoms with E-state index in [1.165, 1.54) is 24.8 Å². The number of aromatic amines is 2. The Hall–Kier alpha value is -4.31. The molecule has 10 nitrogen and oxygen atoms in total. The number of fused-ring (bicyclic) bond motifs is 2. The van der Waals surface area contributed by atoms with Gasteiger partial charge in [-0.2, -0.15) is 0 Å². The number of hydrogen-bond donors (Lipinski definition) is 3. The minimum absolute atomic E-state index is 0.0296. The maximum atomic E-state index is 13.1. The molecular weight excluding hydrogens is 376 g/mol. The number of halogens is 2. The number of amides is 1. The number of nitrogens with zero attached hydrogens (tertiary/aromatic N) is 5. The summed E-state index contributed by atoms with van der Waals surface area (Å²) in [4.78, 5) is 36.5. The van der Waals surface area contributed by atoms with Crippen molar-refractivity contribution in [3.8, 4) is 0 Å². The van der Waals surface area contributed by atoms with Gasteiger partial charge in [0.25, 0.3) is 5.91 Å². The molecule has 0 saturated carbocycles. The molecule has 0 radical (unpaired) electrons. The highest BCUT2D eigenvalue weighted by Crippen LogP contribution is 2.20. The van der Waals surface area contributed by atoms with Crippen LogP contribution in [0, 0.1) is 11.6 Å². The number of carboxylic acid groups (broad SMARTS) is 1. The van der Waals surface area contributed by atoms with Crippen molar-refractivity contribution in [1.82, 2.24) is 19.9 Å². The van der Waals surface area contributed by atoms with Gasteiger partial charge in [0.2, 0.25) is 0 Å². The first kappa shape index (κ1) is 18.5. The molecule has 0 unspecified atom stereocenters. The van der Waals surface area contributed by atoms with Crippen molar-refractivity contribution < 1.29 is 23.5 Å². The zero-order valence-electron chi connectivity index (χ0n) is 13.7. The number of aromatic nitrogens is 4. The highest BCUT2D eigenvalue weighted by atomic mass is 19.1. The van der Waals surface area contributed by atoms with Crippen molar-refractivity contribution in [2.75, 3.05) is 0 Å². The Morgan fingerprint density at radius 2 is 1.46 bits per heavy atom. The van der Waals surface area contributed by atoms with Crippen LogP contribution in [0.4, 0.5) is 8.78 Å². The molecule has 12 heteroatoms. The van der Waals surface area contributed by atoms with Gasteiger partial charge in [-0.05, 0) is 10.6 Å². The van der Waals surface area contributed by atoms with Gasteiger partial charge in [-0.1, -0.05) is 0 Å². The van der Waals surface area contributed by atoms with Gasteiger partial charge in [-0.25, -0.2) is 13.6 Å². The quantitative estimate of drug-likeness (QED) is 0.273. The summed E-state index contributed by atoms with van der Waals surface area (Å²) in [5.74, 6) is -2.98. The number of nitrogens with one attached hydrogen (secondary N) is 2. The second-order valence-electron chi connectivity index (χ2n) is 5.29. The van der Waals surface area contributed by atoms with E-state index >= 15 is 0 Å². The van der Waals surface area contributed by atoms with Crippen LogP contribution in [0.25, 0.3) is 32.2 Å². The van der Waals surface area contributed by atoms with Gasteiger partial charge >= 0.3 is 5.97 Å². The molecule has 28 heavy (non-hydrogen) atoms. The molecule has 4 aromatic heterocycles. The number of azide groups is 1. The molecule has 0 aliphatic heterocycles. The Labute approximate surface area is 153 Å². The molecule has 1 amide bonds. The van der Waals surface area contributed by atoms with Crippen molar-refractivity contribution in [2.24, 2.45) is 5.11 Å². The second kappa shape index (κ2) is 7.51. The van der Waals surface area contributed by atoms with Crippen LogP contribution in [0.1, 0.15) is 20.7 Å². The molecule has 0 fully saturated rings. The van der Waals surface area contributed by atoms with Crippen LogP contribution >= 0.6 is 0 Å². The fourth-order valence-corrected chi connectivity index (χ4v) is 2.46. The van der Waals surface area contributed by atoms with E-state index < -0.39 is 23.5 Å². The van der Waals surface area contributed by atoms with Gasteiger partial charge in [0.15, 0.2) is 11.6 Å². The Balaban J connectivity index is 0.000000162. The van der Waals surface area contributed by atoms with Crippen LogP contribution in [-0.2, 0) is 0 Å². The number of carbonyl (C=O) groups is 2. The van der Waals surface area contributed by atoms with Crippen molar-refractivity contribution in [3.05, 3.63) is 70.4 Å². The van der Waals surface area contributed by atoms with E-state index in [0.717, 1.165) is 12.4 Å². The maximum Gasteiger partial charge on any atom is 0.337 e. The normalized spacial score (nSPS) is 10.2. The summed E-state index contributed by atoms with van der Waals surface area (Å²) in [6, 6.07) is 0. The van der Waals surface area contributed by atoms with E-state index in [-0.39, 0.29) is 27.5 Å². The third-order valence-electron chi connectivity index (χ3n) is 3.70. The van der Waals surface area contributed by atoms with Gasteiger partial charge < -0.3 is 15.1 Å². The Morgan fingerprint density at radius 1 is 0.964 bits per heavy atom. The zero-order valence-corrected chi connectivity index (χ0v) is 13.7. The Kier molecular flexibility index (Phi) is 4.96. The molecule has 0 bridgehead atoms. The summed E-state index contributed by atoms with van der Waals surface area (Å²) >= 11 is 0. The van der Waals surface area contributed by atoms with Crippen molar-refractivity contribution in [1.29, 1.82) is 0 Å². The van der Waals surface area contributed by atoms with E-state index in [1.807, 2.05) is 0 Å². The van der Waals surface area contributed by atoms with E-state index in [2.05, 4.69) is 30.0 Å². The predicted octanol–water partition coefficient (Wildman–Crippen LogP) is 3.55. The molecular formula is C16H9F2N7O3. The average Bonchev–Trinajstić information content (AvgIpc) is 3.28. The first-order chi connectivity index (χ1) is 13.4. The molecule has 4 heterocycles. The van der Waals surface area contributed by atoms with E-state index in [4.69, 9.17) is 10.6 Å². The molecule has 0 aromatic carbocycles. The third kappa shape index (κ3) is 3.34. The van der Waals surface area contributed by atoms with Gasteiger partial charge in [-0.15, -0.1) is 0 Å². The zero-order chi connectivity index (χ0) is 20.3. The van der Waals surface area contributed by atoms with Crippen LogP contribution in [0.5, 0.6) is 0 Å². The number of pyridine rings is 2. The minimum atomic E-state index is -1.10. The highest BCUT2D eigenvalue weighted by molar-refractivity contribution is 6.07.